The maximum atomic E-state index is 14.0. The molecule has 0 fully saturated rings. The second kappa shape index (κ2) is 15.2. The number of carboxylic acids is 2. The zero-order valence-corrected chi connectivity index (χ0v) is 29.9. The number of aromatic amines is 1. The fourth-order valence-electron chi connectivity index (χ4n) is 4.85. The van der Waals surface area contributed by atoms with Gasteiger partial charge in [-0.15, -0.1) is 5.10 Å². The van der Waals surface area contributed by atoms with E-state index < -0.39 is 53.7 Å². The SMILES string of the molecule is N=N/C(=C\NCC(=O)O)c1cc(O)c(C(=O)c2cc(Cl)c(Cl)n2-c2c(C(=O)c3cc(Cl)c(-c4cn(CC(=O)O)nn4)cc3O)[nH]c(Cl)c2Cl)cc1Cl. The minimum Gasteiger partial charge on any atom is -0.507 e. The molecule has 3 heterocycles. The van der Waals surface area contributed by atoms with Gasteiger partial charge in [0.05, 0.1) is 43.8 Å². The number of ketones is 2. The van der Waals surface area contributed by atoms with Gasteiger partial charge in [0.25, 0.3) is 0 Å². The van der Waals surface area contributed by atoms with Crippen LogP contribution in [0.2, 0.25) is 30.4 Å². The molecule has 0 saturated carbocycles. The van der Waals surface area contributed by atoms with Gasteiger partial charge in [-0.1, -0.05) is 74.8 Å². The number of phenolic OH excluding ortho intramolecular Hbond substituents is 2. The second-order valence-electron chi connectivity index (χ2n) is 10.4. The molecule has 0 aliphatic heterocycles. The van der Waals surface area contributed by atoms with Crippen molar-refractivity contribution in [3.8, 4) is 28.4 Å². The van der Waals surface area contributed by atoms with E-state index >= 15 is 0 Å². The number of phenols is 2. The van der Waals surface area contributed by atoms with Gasteiger partial charge >= 0.3 is 11.9 Å². The van der Waals surface area contributed by atoms with E-state index in [4.69, 9.17) is 85.3 Å². The molecule has 52 heavy (non-hydrogen) atoms. The number of halogens is 6. The van der Waals surface area contributed by atoms with Crippen LogP contribution in [0.15, 0.2) is 47.8 Å². The number of hydrogen-bond acceptors (Lipinski definition) is 11. The summed E-state index contributed by atoms with van der Waals surface area (Å²) in [6.07, 6.45) is 2.35. The first-order chi connectivity index (χ1) is 24.5. The van der Waals surface area contributed by atoms with Gasteiger partial charge in [-0.2, -0.15) is 5.11 Å². The van der Waals surface area contributed by atoms with Gasteiger partial charge in [0, 0.05) is 17.3 Å². The first-order valence-corrected chi connectivity index (χ1v) is 16.2. The van der Waals surface area contributed by atoms with Crippen LogP contribution in [-0.4, -0.2) is 75.0 Å². The molecule has 16 nitrogen and oxygen atoms in total. The molecule has 3 aromatic heterocycles. The quantitative estimate of drug-likeness (QED) is 0.0473. The Morgan fingerprint density at radius 3 is 2.17 bits per heavy atom. The Kier molecular flexibility index (Phi) is 11.2. The van der Waals surface area contributed by atoms with Crippen molar-refractivity contribution in [2.75, 3.05) is 6.54 Å². The third-order valence-corrected chi connectivity index (χ3v) is 9.24. The van der Waals surface area contributed by atoms with E-state index in [0.717, 1.165) is 45.8 Å². The monoisotopic (exact) mass is 828 g/mol. The fourth-order valence-corrected chi connectivity index (χ4v) is 6.20. The molecular formula is C30H18Cl6N8O8. The molecule has 5 rings (SSSR count). The van der Waals surface area contributed by atoms with E-state index in [9.17, 15) is 29.4 Å². The third kappa shape index (κ3) is 7.43. The van der Waals surface area contributed by atoms with Crippen LogP contribution in [0.25, 0.3) is 22.6 Å². The highest BCUT2D eigenvalue weighted by atomic mass is 35.5. The number of aromatic nitrogens is 5. The molecule has 22 heteroatoms. The van der Waals surface area contributed by atoms with E-state index in [1.807, 2.05) is 0 Å². The van der Waals surface area contributed by atoms with Gasteiger partial charge in [-0.05, 0) is 30.3 Å². The van der Waals surface area contributed by atoms with Crippen LogP contribution >= 0.6 is 69.6 Å². The molecule has 0 aliphatic rings. The fraction of sp³-hybridized carbons (Fsp3) is 0.0667. The Hall–Kier alpha value is -5.10. The largest absolute Gasteiger partial charge is 0.507 e. The minimum absolute atomic E-state index is 0.0299. The molecule has 2 aromatic carbocycles. The van der Waals surface area contributed by atoms with E-state index in [2.05, 4.69) is 25.7 Å². The molecule has 0 unspecified atom stereocenters. The average Bonchev–Trinajstić information content (AvgIpc) is 3.75. The zero-order valence-electron chi connectivity index (χ0n) is 25.4. The van der Waals surface area contributed by atoms with Gasteiger partial charge in [0.15, 0.2) is 0 Å². The van der Waals surface area contributed by atoms with E-state index in [1.165, 1.54) is 6.20 Å². The van der Waals surface area contributed by atoms with Crippen LogP contribution in [0.5, 0.6) is 11.5 Å². The van der Waals surface area contributed by atoms with Crippen molar-refractivity contribution in [3.05, 3.63) is 101 Å². The molecule has 0 saturated heterocycles. The predicted octanol–water partition coefficient (Wildman–Crippen LogP) is 6.95. The van der Waals surface area contributed by atoms with E-state index in [1.54, 1.807) is 0 Å². The highest BCUT2D eigenvalue weighted by molar-refractivity contribution is 6.45. The van der Waals surface area contributed by atoms with E-state index in [-0.39, 0.29) is 75.6 Å². The average molecular weight is 831 g/mol. The van der Waals surface area contributed by atoms with Crippen molar-refractivity contribution in [2.24, 2.45) is 5.11 Å². The van der Waals surface area contributed by atoms with Crippen LogP contribution in [-0.2, 0) is 16.1 Å². The number of aromatic hydroxyl groups is 2. The van der Waals surface area contributed by atoms with Gasteiger partial charge in [-0.3, -0.25) is 23.7 Å². The molecule has 0 radical (unpaired) electrons. The van der Waals surface area contributed by atoms with Crippen molar-refractivity contribution in [2.45, 2.75) is 6.54 Å². The van der Waals surface area contributed by atoms with Gasteiger partial charge < -0.3 is 30.7 Å². The molecule has 268 valence electrons. The number of nitrogens with one attached hydrogen (secondary N) is 3. The Morgan fingerprint density at radius 1 is 0.865 bits per heavy atom. The molecule has 5 aromatic rings. The van der Waals surface area contributed by atoms with Crippen LogP contribution in [0, 0.1) is 5.53 Å². The van der Waals surface area contributed by atoms with Gasteiger partial charge in [-0.25, -0.2) is 10.2 Å². The zero-order chi connectivity index (χ0) is 38.2. The summed E-state index contributed by atoms with van der Waals surface area (Å²) in [5, 5.41) is 51.6. The molecule has 0 aliphatic carbocycles. The summed E-state index contributed by atoms with van der Waals surface area (Å²) in [6.45, 7) is -1.00. The maximum absolute atomic E-state index is 14.0. The maximum Gasteiger partial charge on any atom is 0.325 e. The summed E-state index contributed by atoms with van der Waals surface area (Å²) in [6, 6.07) is 5.43. The Bertz CT molecular complexity index is 2370. The predicted molar refractivity (Wildman–Crippen MR) is 189 cm³/mol. The summed E-state index contributed by atoms with van der Waals surface area (Å²) in [4.78, 5) is 52.5. The van der Waals surface area contributed by atoms with Crippen molar-refractivity contribution >= 4 is 98.8 Å². The number of hydrogen-bond donors (Lipinski definition) is 7. The number of aliphatic carboxylic acids is 2. The smallest absolute Gasteiger partial charge is 0.325 e. The number of carboxylic acid groups (broad SMARTS) is 2. The standard InChI is InChI=1S/C30H18Cl6N8O8/c31-14-1-12(20(45)3-10(14)17(40-37)6-38-7-22(47)48)27(51)19-5-16(33)30(36)44(19)26-24(34)29(35)39-25(26)28(52)13-2-15(32)11(4-21(13)46)18-8-43(42-41-18)9-23(49)50/h1-6,8,37-39,45-46H,7,9H2,(H,47,48)(H,49,50)/b17-6-,40-37?. The lowest BCUT2D eigenvalue weighted by Crippen LogP contribution is -2.17. The second-order valence-corrected chi connectivity index (χ2v) is 12.8. The van der Waals surface area contributed by atoms with Crippen LogP contribution in [0.1, 0.15) is 37.7 Å². The Morgan fingerprint density at radius 2 is 1.52 bits per heavy atom. The highest BCUT2D eigenvalue weighted by Crippen LogP contribution is 2.42. The van der Waals surface area contributed by atoms with Crippen LogP contribution in [0.4, 0.5) is 0 Å². The van der Waals surface area contributed by atoms with Gasteiger partial charge in [0.1, 0.15) is 57.0 Å². The molecule has 0 bridgehead atoms. The number of benzene rings is 2. The molecule has 0 amide bonds. The van der Waals surface area contributed by atoms with Crippen molar-refractivity contribution in [3.63, 3.8) is 0 Å². The third-order valence-electron chi connectivity index (χ3n) is 7.11. The number of carbonyl (C=O) groups is 4. The summed E-state index contributed by atoms with van der Waals surface area (Å²) >= 11 is 38.6. The first kappa shape index (κ1) is 38.1. The minimum atomic E-state index is -1.19. The lowest BCUT2D eigenvalue weighted by Gasteiger charge is -2.14. The summed E-state index contributed by atoms with van der Waals surface area (Å²) in [5.41, 5.74) is 5.67. The molecule has 7 N–H and O–H groups in total. The lowest BCUT2D eigenvalue weighted by molar-refractivity contribution is -0.138. The van der Waals surface area contributed by atoms with E-state index in [0.29, 0.717) is 0 Å². The van der Waals surface area contributed by atoms with Crippen LogP contribution < -0.4 is 5.32 Å². The Balaban J connectivity index is 1.58. The topological polar surface area (TPSA) is 249 Å². The van der Waals surface area contributed by atoms with Crippen molar-refractivity contribution in [1.82, 2.24) is 29.9 Å². The molecular weight excluding hydrogens is 813 g/mol. The van der Waals surface area contributed by atoms with Gasteiger partial charge in [0.2, 0.25) is 11.6 Å². The van der Waals surface area contributed by atoms with Crippen LogP contribution in [0.3, 0.4) is 0 Å². The lowest BCUT2D eigenvalue weighted by atomic mass is 10.0. The summed E-state index contributed by atoms with van der Waals surface area (Å²) < 4.78 is 2.01. The number of nitrogens with zero attached hydrogens (tertiary/aromatic N) is 5. The number of rotatable bonds is 13. The van der Waals surface area contributed by atoms with Crippen molar-refractivity contribution < 1.29 is 39.6 Å². The Labute approximate surface area is 320 Å². The molecule has 0 spiro atoms. The molecule has 0 atom stereocenters. The highest BCUT2D eigenvalue weighted by Gasteiger charge is 2.32. The number of carbonyl (C=O) groups excluding carboxylic acids is 2. The van der Waals surface area contributed by atoms with Crippen molar-refractivity contribution in [1.29, 1.82) is 5.53 Å². The summed E-state index contributed by atoms with van der Waals surface area (Å²) in [7, 11) is 0. The first-order valence-electron chi connectivity index (χ1n) is 14.0. The number of H-pyrrole nitrogens is 1. The summed E-state index contributed by atoms with van der Waals surface area (Å²) in [5.74, 6) is -5.48. The normalized spacial score (nSPS) is 11.5.